The van der Waals surface area contributed by atoms with E-state index in [-0.39, 0.29) is 6.10 Å². The largest absolute Gasteiger partial charge is 0.493 e. The molecule has 1 unspecified atom stereocenters. The zero-order valence-corrected chi connectivity index (χ0v) is 14.6. The molecule has 0 aliphatic carbocycles. The third-order valence-corrected chi connectivity index (χ3v) is 3.87. The Morgan fingerprint density at radius 3 is 2.39 bits per heavy atom. The van der Waals surface area contributed by atoms with E-state index in [2.05, 4.69) is 56.4 Å². The molecule has 1 N–H and O–H groups in total. The zero-order chi connectivity index (χ0) is 16.7. The molecule has 3 heteroatoms. The Labute approximate surface area is 139 Å². The quantitative estimate of drug-likeness (QED) is 0.780. The van der Waals surface area contributed by atoms with Gasteiger partial charge in [-0.15, -0.1) is 0 Å². The summed E-state index contributed by atoms with van der Waals surface area (Å²) in [5, 5.41) is 3.47. The van der Waals surface area contributed by atoms with Gasteiger partial charge in [0.15, 0.2) is 11.5 Å². The van der Waals surface area contributed by atoms with Crippen LogP contribution in [0.4, 0.5) is 0 Å². The van der Waals surface area contributed by atoms with Gasteiger partial charge in [-0.1, -0.05) is 42.8 Å². The Kier molecular flexibility index (Phi) is 6.48. The minimum atomic E-state index is 0.189. The van der Waals surface area contributed by atoms with Crippen molar-refractivity contribution in [3.8, 4) is 11.5 Å². The molecule has 0 aliphatic rings. The van der Waals surface area contributed by atoms with Gasteiger partial charge < -0.3 is 14.8 Å². The number of ether oxygens (including phenoxy) is 2. The van der Waals surface area contributed by atoms with Crippen molar-refractivity contribution >= 4 is 0 Å². The molecule has 2 aromatic carbocycles. The van der Waals surface area contributed by atoms with Gasteiger partial charge in [-0.25, -0.2) is 0 Å². The van der Waals surface area contributed by atoms with Crippen LogP contribution in [0.3, 0.4) is 0 Å². The van der Waals surface area contributed by atoms with Crippen LogP contribution in [0.2, 0.25) is 0 Å². The van der Waals surface area contributed by atoms with E-state index >= 15 is 0 Å². The molecule has 23 heavy (non-hydrogen) atoms. The number of rotatable bonds is 8. The van der Waals surface area contributed by atoms with Gasteiger partial charge in [-0.2, -0.15) is 0 Å². The maximum Gasteiger partial charge on any atom is 0.161 e. The van der Waals surface area contributed by atoms with Crippen molar-refractivity contribution in [3.63, 3.8) is 0 Å². The molecule has 0 spiro atoms. The molecule has 0 radical (unpaired) electrons. The Morgan fingerprint density at radius 1 is 1.00 bits per heavy atom. The van der Waals surface area contributed by atoms with Crippen LogP contribution in [0.5, 0.6) is 11.5 Å². The summed E-state index contributed by atoms with van der Waals surface area (Å²) in [6.45, 7) is 7.95. The van der Waals surface area contributed by atoms with Crippen LogP contribution >= 0.6 is 0 Å². The minimum absolute atomic E-state index is 0.189. The maximum atomic E-state index is 5.88. The third kappa shape index (κ3) is 5.29. The fourth-order valence-electron chi connectivity index (χ4n) is 2.39. The highest BCUT2D eigenvalue weighted by molar-refractivity contribution is 5.43. The molecule has 2 rings (SSSR count). The Bertz CT molecular complexity index is 625. The fourth-order valence-corrected chi connectivity index (χ4v) is 2.39. The number of hydrogen-bond acceptors (Lipinski definition) is 3. The van der Waals surface area contributed by atoms with E-state index in [1.807, 2.05) is 12.1 Å². The molecule has 0 saturated carbocycles. The summed E-state index contributed by atoms with van der Waals surface area (Å²) in [4.78, 5) is 0. The van der Waals surface area contributed by atoms with Crippen molar-refractivity contribution in [1.29, 1.82) is 0 Å². The van der Waals surface area contributed by atoms with Crippen LogP contribution in [-0.4, -0.2) is 13.2 Å². The second-order valence-electron chi connectivity index (χ2n) is 5.91. The first kappa shape index (κ1) is 17.4. The average Bonchev–Trinajstić information content (AvgIpc) is 2.56. The van der Waals surface area contributed by atoms with Gasteiger partial charge in [0.05, 0.1) is 13.2 Å². The highest BCUT2D eigenvalue weighted by Gasteiger charge is 2.08. The second kappa shape index (κ2) is 8.59. The summed E-state index contributed by atoms with van der Waals surface area (Å²) in [7, 11) is 1.68. The van der Waals surface area contributed by atoms with Gasteiger partial charge in [0, 0.05) is 13.1 Å². The Morgan fingerprint density at radius 2 is 1.74 bits per heavy atom. The van der Waals surface area contributed by atoms with Gasteiger partial charge in [-0.3, -0.25) is 0 Å². The molecule has 0 fully saturated rings. The van der Waals surface area contributed by atoms with Crippen LogP contribution in [0, 0.1) is 6.92 Å². The molecular weight excluding hydrogens is 286 g/mol. The predicted octanol–water partition coefficient (Wildman–Crippen LogP) is 4.47. The number of hydrogen-bond donors (Lipinski definition) is 1. The van der Waals surface area contributed by atoms with Crippen molar-refractivity contribution in [3.05, 3.63) is 59.2 Å². The van der Waals surface area contributed by atoms with Gasteiger partial charge in [0.2, 0.25) is 0 Å². The molecule has 0 bridgehead atoms. The van der Waals surface area contributed by atoms with Crippen molar-refractivity contribution in [2.75, 3.05) is 7.11 Å². The average molecular weight is 313 g/mol. The number of nitrogens with one attached hydrogen (secondary N) is 1. The predicted molar refractivity (Wildman–Crippen MR) is 95.1 cm³/mol. The zero-order valence-electron chi connectivity index (χ0n) is 14.6. The third-order valence-electron chi connectivity index (χ3n) is 3.87. The van der Waals surface area contributed by atoms with E-state index in [4.69, 9.17) is 9.47 Å². The molecule has 0 amide bonds. The highest BCUT2D eigenvalue weighted by atomic mass is 16.5. The van der Waals surface area contributed by atoms with Crippen LogP contribution in [0.1, 0.15) is 37.0 Å². The lowest BCUT2D eigenvalue weighted by molar-refractivity contribution is 0.207. The van der Waals surface area contributed by atoms with E-state index in [0.717, 1.165) is 31.0 Å². The van der Waals surface area contributed by atoms with Gasteiger partial charge in [-0.05, 0) is 43.5 Å². The molecule has 0 heterocycles. The van der Waals surface area contributed by atoms with E-state index in [0.29, 0.717) is 0 Å². The lowest BCUT2D eigenvalue weighted by Crippen LogP contribution is -2.13. The molecule has 0 aromatic heterocycles. The maximum absolute atomic E-state index is 5.88. The van der Waals surface area contributed by atoms with E-state index < -0.39 is 0 Å². The summed E-state index contributed by atoms with van der Waals surface area (Å²) in [5.74, 6) is 1.60. The molecule has 3 nitrogen and oxygen atoms in total. The number of methoxy groups -OCH3 is 1. The molecular formula is C20H27NO2. The van der Waals surface area contributed by atoms with Crippen LogP contribution in [0.25, 0.3) is 0 Å². The van der Waals surface area contributed by atoms with Crippen molar-refractivity contribution < 1.29 is 9.47 Å². The first-order valence-electron chi connectivity index (χ1n) is 8.22. The standard InChI is InChI=1S/C20H27NO2/c1-5-16(3)23-19-10-9-18(12-20(19)22-4)14-21-13-17-8-6-7-15(2)11-17/h6-12,16,21H,5,13-14H2,1-4H3. The van der Waals surface area contributed by atoms with Gasteiger partial charge >= 0.3 is 0 Å². The van der Waals surface area contributed by atoms with E-state index in [9.17, 15) is 0 Å². The highest BCUT2D eigenvalue weighted by Crippen LogP contribution is 2.29. The SMILES string of the molecule is CCC(C)Oc1ccc(CNCc2cccc(C)c2)cc1OC. The van der Waals surface area contributed by atoms with Gasteiger partial charge in [0.1, 0.15) is 0 Å². The topological polar surface area (TPSA) is 30.5 Å². The van der Waals surface area contributed by atoms with Crippen LogP contribution in [-0.2, 0) is 13.1 Å². The van der Waals surface area contributed by atoms with Gasteiger partial charge in [0.25, 0.3) is 0 Å². The monoisotopic (exact) mass is 313 g/mol. The van der Waals surface area contributed by atoms with Crippen LogP contribution in [0.15, 0.2) is 42.5 Å². The fraction of sp³-hybridized carbons (Fsp3) is 0.400. The first-order valence-corrected chi connectivity index (χ1v) is 8.22. The summed E-state index contributed by atoms with van der Waals surface area (Å²) in [6.07, 6.45) is 1.16. The lowest BCUT2D eigenvalue weighted by atomic mass is 10.1. The molecule has 0 saturated heterocycles. The van der Waals surface area contributed by atoms with Crippen molar-refractivity contribution in [1.82, 2.24) is 5.32 Å². The van der Waals surface area contributed by atoms with Crippen LogP contribution < -0.4 is 14.8 Å². The second-order valence-corrected chi connectivity index (χ2v) is 5.91. The molecule has 0 aliphatic heterocycles. The first-order chi connectivity index (χ1) is 11.1. The van der Waals surface area contributed by atoms with E-state index in [1.165, 1.54) is 16.7 Å². The smallest absolute Gasteiger partial charge is 0.161 e. The van der Waals surface area contributed by atoms with Crippen molar-refractivity contribution in [2.45, 2.75) is 46.4 Å². The Hall–Kier alpha value is -2.00. The van der Waals surface area contributed by atoms with E-state index in [1.54, 1.807) is 7.11 Å². The Balaban J connectivity index is 1.95. The number of aryl methyl sites for hydroxylation is 1. The number of benzene rings is 2. The summed E-state index contributed by atoms with van der Waals surface area (Å²) in [6, 6.07) is 14.7. The molecule has 124 valence electrons. The minimum Gasteiger partial charge on any atom is -0.493 e. The molecule has 2 aromatic rings. The normalized spacial score (nSPS) is 12.0. The summed E-state index contributed by atoms with van der Waals surface area (Å²) < 4.78 is 11.3. The molecule has 1 atom stereocenters. The summed E-state index contributed by atoms with van der Waals surface area (Å²) in [5.41, 5.74) is 3.78. The van der Waals surface area contributed by atoms with Crippen molar-refractivity contribution in [2.24, 2.45) is 0 Å². The lowest BCUT2D eigenvalue weighted by Gasteiger charge is -2.16. The summed E-state index contributed by atoms with van der Waals surface area (Å²) >= 11 is 0.